The SMILES string of the molecule is CC1(C)c2cc(-c3ccc(C=Cc4ccc5ccccc5c4)cc3)ccc2-c2ccc(-c3ccc4cc(-c5ccc6ccc7cccc8ccc5c6c78)ccc4c3)cc21. The van der Waals surface area contributed by atoms with Crippen molar-refractivity contribution >= 4 is 66.0 Å². The van der Waals surface area contributed by atoms with Crippen molar-refractivity contribution < 1.29 is 0 Å². The Morgan fingerprint density at radius 3 is 1.51 bits per heavy atom. The lowest BCUT2D eigenvalue weighted by Gasteiger charge is -2.22. The minimum absolute atomic E-state index is 0.119. The van der Waals surface area contributed by atoms with Crippen LogP contribution in [0.4, 0.5) is 0 Å². The lowest BCUT2D eigenvalue weighted by Crippen LogP contribution is -2.15. The maximum Gasteiger partial charge on any atom is 0.0159 e. The molecule has 59 heavy (non-hydrogen) atoms. The minimum Gasteiger partial charge on any atom is -0.0616 e. The summed E-state index contributed by atoms with van der Waals surface area (Å²) in [6.07, 6.45) is 4.41. The Kier molecular flexibility index (Phi) is 7.38. The van der Waals surface area contributed by atoms with Gasteiger partial charge in [0.15, 0.2) is 0 Å². The molecule has 0 saturated heterocycles. The quantitative estimate of drug-likeness (QED) is 0.121. The Labute approximate surface area is 344 Å². The number of rotatable bonds is 5. The van der Waals surface area contributed by atoms with E-state index in [-0.39, 0.29) is 5.41 Å². The van der Waals surface area contributed by atoms with E-state index >= 15 is 0 Å². The van der Waals surface area contributed by atoms with Gasteiger partial charge in [-0.1, -0.05) is 190 Å². The molecule has 0 aromatic heterocycles. The van der Waals surface area contributed by atoms with Crippen LogP contribution in [0.15, 0.2) is 194 Å². The van der Waals surface area contributed by atoms with Crippen LogP contribution in [0.3, 0.4) is 0 Å². The minimum atomic E-state index is -0.119. The average molecular weight is 749 g/mol. The maximum atomic E-state index is 2.44. The van der Waals surface area contributed by atoms with Gasteiger partial charge in [-0.3, -0.25) is 0 Å². The molecule has 0 nitrogen and oxygen atoms in total. The molecule has 0 heterocycles. The van der Waals surface area contributed by atoms with Crippen molar-refractivity contribution in [1.29, 1.82) is 0 Å². The molecule has 0 atom stereocenters. The van der Waals surface area contributed by atoms with Crippen LogP contribution in [0.5, 0.6) is 0 Å². The highest BCUT2D eigenvalue weighted by Gasteiger charge is 2.36. The van der Waals surface area contributed by atoms with Gasteiger partial charge in [0, 0.05) is 5.41 Å². The molecule has 0 aliphatic heterocycles. The molecule has 11 aromatic rings. The van der Waals surface area contributed by atoms with Gasteiger partial charge in [0.2, 0.25) is 0 Å². The molecule has 1 aliphatic carbocycles. The Morgan fingerprint density at radius 1 is 0.305 bits per heavy atom. The van der Waals surface area contributed by atoms with Crippen LogP contribution in [0.1, 0.15) is 36.1 Å². The number of fused-ring (bicyclic) bond motifs is 5. The molecular formula is C59H40. The third-order valence-corrected chi connectivity index (χ3v) is 13.2. The first-order chi connectivity index (χ1) is 28.9. The van der Waals surface area contributed by atoms with E-state index < -0.39 is 0 Å². The van der Waals surface area contributed by atoms with Crippen molar-refractivity contribution in [3.05, 3.63) is 216 Å². The Morgan fingerprint density at radius 2 is 0.763 bits per heavy atom. The molecule has 0 spiro atoms. The van der Waals surface area contributed by atoms with Crippen LogP contribution in [-0.2, 0) is 5.41 Å². The molecule has 0 N–H and O–H groups in total. The van der Waals surface area contributed by atoms with Crippen molar-refractivity contribution in [1.82, 2.24) is 0 Å². The molecular weight excluding hydrogens is 709 g/mol. The molecule has 1 aliphatic rings. The predicted octanol–water partition coefficient (Wildman–Crippen LogP) is 16.4. The lowest BCUT2D eigenvalue weighted by atomic mass is 9.80. The predicted molar refractivity (Wildman–Crippen MR) is 254 cm³/mol. The van der Waals surface area contributed by atoms with E-state index in [1.54, 1.807) is 0 Å². The smallest absolute Gasteiger partial charge is 0.0159 e. The van der Waals surface area contributed by atoms with Gasteiger partial charge in [0.1, 0.15) is 0 Å². The van der Waals surface area contributed by atoms with Crippen molar-refractivity contribution in [3.63, 3.8) is 0 Å². The Balaban J connectivity index is 0.823. The third-order valence-electron chi connectivity index (χ3n) is 13.2. The second kappa shape index (κ2) is 12.9. The Hall–Kier alpha value is -7.28. The zero-order valence-corrected chi connectivity index (χ0v) is 33.1. The molecule has 0 bridgehead atoms. The fourth-order valence-electron chi connectivity index (χ4n) is 9.97. The van der Waals surface area contributed by atoms with Gasteiger partial charge < -0.3 is 0 Å². The van der Waals surface area contributed by atoms with E-state index in [1.165, 1.54) is 121 Å². The van der Waals surface area contributed by atoms with E-state index in [9.17, 15) is 0 Å². The van der Waals surface area contributed by atoms with Gasteiger partial charge in [-0.2, -0.15) is 0 Å². The number of hydrogen-bond acceptors (Lipinski definition) is 0. The van der Waals surface area contributed by atoms with E-state index in [4.69, 9.17) is 0 Å². The van der Waals surface area contributed by atoms with E-state index in [1.807, 2.05) is 0 Å². The summed E-state index contributed by atoms with van der Waals surface area (Å²) in [6.45, 7) is 4.76. The third kappa shape index (κ3) is 5.44. The first kappa shape index (κ1) is 33.8. The van der Waals surface area contributed by atoms with Crippen LogP contribution >= 0.6 is 0 Å². The van der Waals surface area contributed by atoms with Crippen molar-refractivity contribution in [2.24, 2.45) is 0 Å². The number of benzene rings is 11. The summed E-state index contributed by atoms with van der Waals surface area (Å²) >= 11 is 0. The lowest BCUT2D eigenvalue weighted by molar-refractivity contribution is 0.661. The van der Waals surface area contributed by atoms with Crippen molar-refractivity contribution in [2.45, 2.75) is 19.3 Å². The van der Waals surface area contributed by atoms with E-state index in [0.717, 1.165) is 0 Å². The summed E-state index contributed by atoms with van der Waals surface area (Å²) in [6, 6.07) is 72.5. The molecule has 0 heteroatoms. The van der Waals surface area contributed by atoms with Crippen LogP contribution in [0, 0.1) is 0 Å². The van der Waals surface area contributed by atoms with Crippen molar-refractivity contribution in [3.8, 4) is 44.5 Å². The standard InChI is InChI=1S/C59H40/c1-59(2)55-35-48(40-15-12-37(13-16-40)10-11-38-14-17-39-6-3-4-7-44(39)32-38)26-29-52(55)53-30-27-49(36-56(53)59)46-20-21-47-34-50(23-22-45(47)33-46)51-28-24-43-19-18-41-8-5-9-42-25-31-54(51)58(43)57(41)42/h3-36H,1-2H3. The van der Waals surface area contributed by atoms with Crippen molar-refractivity contribution in [2.75, 3.05) is 0 Å². The first-order valence-electron chi connectivity index (χ1n) is 20.7. The molecule has 11 aromatic carbocycles. The fraction of sp³-hybridized carbons (Fsp3) is 0.0508. The zero-order chi connectivity index (χ0) is 39.2. The van der Waals surface area contributed by atoms with Gasteiger partial charge in [-0.15, -0.1) is 0 Å². The normalized spacial score (nSPS) is 13.3. The second-order valence-corrected chi connectivity index (χ2v) is 17.0. The Bertz CT molecular complexity index is 3490. The molecule has 0 saturated carbocycles. The van der Waals surface area contributed by atoms with Gasteiger partial charge >= 0.3 is 0 Å². The van der Waals surface area contributed by atoms with Gasteiger partial charge in [-0.05, 0) is 151 Å². The summed E-state index contributed by atoms with van der Waals surface area (Å²) < 4.78 is 0. The molecule has 0 fully saturated rings. The topological polar surface area (TPSA) is 0 Å². The summed E-state index contributed by atoms with van der Waals surface area (Å²) in [5.41, 5.74) is 15.3. The number of hydrogen-bond donors (Lipinski definition) is 0. The summed E-state index contributed by atoms with van der Waals surface area (Å²) in [5.74, 6) is 0. The highest BCUT2D eigenvalue weighted by atomic mass is 14.4. The average Bonchev–Trinajstić information content (AvgIpc) is 3.51. The fourth-order valence-corrected chi connectivity index (χ4v) is 9.97. The van der Waals surface area contributed by atoms with Crippen LogP contribution < -0.4 is 0 Å². The van der Waals surface area contributed by atoms with E-state index in [2.05, 4.69) is 220 Å². The molecule has 12 rings (SSSR count). The highest BCUT2D eigenvalue weighted by Crippen LogP contribution is 2.51. The first-order valence-corrected chi connectivity index (χ1v) is 20.7. The largest absolute Gasteiger partial charge is 0.0616 e. The van der Waals surface area contributed by atoms with Crippen LogP contribution in [0.2, 0.25) is 0 Å². The molecule has 0 amide bonds. The maximum absolute atomic E-state index is 2.44. The van der Waals surface area contributed by atoms with Gasteiger partial charge in [-0.25, -0.2) is 0 Å². The molecule has 276 valence electrons. The summed E-state index contributed by atoms with van der Waals surface area (Å²) in [7, 11) is 0. The van der Waals surface area contributed by atoms with Gasteiger partial charge in [0.25, 0.3) is 0 Å². The summed E-state index contributed by atoms with van der Waals surface area (Å²) in [4.78, 5) is 0. The summed E-state index contributed by atoms with van der Waals surface area (Å²) in [5, 5.41) is 13.0. The molecule has 0 radical (unpaired) electrons. The van der Waals surface area contributed by atoms with Gasteiger partial charge in [0.05, 0.1) is 0 Å². The zero-order valence-electron chi connectivity index (χ0n) is 33.1. The molecule has 0 unspecified atom stereocenters. The van der Waals surface area contributed by atoms with E-state index in [0.29, 0.717) is 0 Å². The van der Waals surface area contributed by atoms with Crippen LogP contribution in [0.25, 0.3) is 111 Å². The monoisotopic (exact) mass is 748 g/mol. The van der Waals surface area contributed by atoms with Crippen LogP contribution in [-0.4, -0.2) is 0 Å². The highest BCUT2D eigenvalue weighted by molar-refractivity contribution is 6.25. The second-order valence-electron chi connectivity index (χ2n) is 17.0.